The number of thiazole rings is 1. The van der Waals surface area contributed by atoms with Gasteiger partial charge in [0.25, 0.3) is 0 Å². The third-order valence-electron chi connectivity index (χ3n) is 2.71. The van der Waals surface area contributed by atoms with E-state index >= 15 is 0 Å². The predicted molar refractivity (Wildman–Crippen MR) is 70.6 cm³/mol. The molecule has 0 bridgehead atoms. The van der Waals surface area contributed by atoms with Crippen LogP contribution in [0.5, 0.6) is 0 Å². The van der Waals surface area contributed by atoms with Gasteiger partial charge in [-0.25, -0.2) is 4.98 Å². The van der Waals surface area contributed by atoms with Crippen molar-refractivity contribution in [3.63, 3.8) is 0 Å². The maximum atomic E-state index is 12.2. The van der Waals surface area contributed by atoms with E-state index in [9.17, 15) is 4.79 Å². The molecule has 0 saturated carbocycles. The standard InChI is InChI=1S/C13H21NO2S/c1-8-9(2)17-11(14-8)7-10(15)12(16-6)13(3,4)5/h12H,7H2,1-6H3. The first kappa shape index (κ1) is 14.3. The number of aryl methyl sites for hydroxylation is 2. The molecule has 0 aromatic carbocycles. The van der Waals surface area contributed by atoms with Crippen molar-refractivity contribution in [2.75, 3.05) is 7.11 Å². The number of rotatable bonds is 4. The molecule has 3 nitrogen and oxygen atoms in total. The highest BCUT2D eigenvalue weighted by Gasteiger charge is 2.31. The molecule has 17 heavy (non-hydrogen) atoms. The van der Waals surface area contributed by atoms with Gasteiger partial charge >= 0.3 is 0 Å². The van der Waals surface area contributed by atoms with Gasteiger partial charge in [0.1, 0.15) is 11.1 Å². The second-order valence-corrected chi connectivity index (χ2v) is 6.66. The largest absolute Gasteiger partial charge is 0.373 e. The number of hydrogen-bond acceptors (Lipinski definition) is 4. The van der Waals surface area contributed by atoms with E-state index in [1.54, 1.807) is 18.4 Å². The number of ketones is 1. The lowest BCUT2D eigenvalue weighted by molar-refractivity contribution is -0.134. The van der Waals surface area contributed by atoms with E-state index < -0.39 is 0 Å². The van der Waals surface area contributed by atoms with Crippen LogP contribution in [-0.2, 0) is 16.0 Å². The van der Waals surface area contributed by atoms with Gasteiger partial charge in [-0.1, -0.05) is 20.8 Å². The molecule has 1 rings (SSSR count). The normalized spacial score (nSPS) is 13.8. The maximum Gasteiger partial charge on any atom is 0.168 e. The Morgan fingerprint density at radius 2 is 2.00 bits per heavy atom. The zero-order valence-corrected chi connectivity index (χ0v) is 12.3. The van der Waals surface area contributed by atoms with Gasteiger partial charge in [-0.2, -0.15) is 0 Å². The molecule has 0 aliphatic carbocycles. The highest BCUT2D eigenvalue weighted by atomic mass is 32.1. The van der Waals surface area contributed by atoms with Crippen molar-refractivity contribution in [2.45, 2.75) is 47.1 Å². The molecule has 0 aliphatic rings. The van der Waals surface area contributed by atoms with Gasteiger partial charge in [0.15, 0.2) is 5.78 Å². The topological polar surface area (TPSA) is 39.2 Å². The molecule has 1 aromatic rings. The molecule has 0 spiro atoms. The molecule has 0 N–H and O–H groups in total. The van der Waals surface area contributed by atoms with Crippen molar-refractivity contribution < 1.29 is 9.53 Å². The Morgan fingerprint density at radius 1 is 1.41 bits per heavy atom. The van der Waals surface area contributed by atoms with Crippen LogP contribution in [0.25, 0.3) is 0 Å². The molecule has 1 atom stereocenters. The van der Waals surface area contributed by atoms with Crippen LogP contribution < -0.4 is 0 Å². The summed E-state index contributed by atoms with van der Waals surface area (Å²) in [4.78, 5) is 17.7. The molecule has 0 radical (unpaired) electrons. The van der Waals surface area contributed by atoms with Crippen LogP contribution in [0.15, 0.2) is 0 Å². The second-order valence-electron chi connectivity index (χ2n) is 5.37. The number of Topliss-reactive ketones (excluding diaryl/α,β-unsaturated/α-hetero) is 1. The number of carbonyl (C=O) groups is 1. The van der Waals surface area contributed by atoms with Crippen LogP contribution in [-0.4, -0.2) is 24.0 Å². The van der Waals surface area contributed by atoms with Crippen LogP contribution in [0.3, 0.4) is 0 Å². The summed E-state index contributed by atoms with van der Waals surface area (Å²) in [6, 6.07) is 0. The third kappa shape index (κ3) is 3.61. The number of carbonyl (C=O) groups excluding carboxylic acids is 1. The Morgan fingerprint density at radius 3 is 2.35 bits per heavy atom. The predicted octanol–water partition coefficient (Wildman–Crippen LogP) is 2.93. The summed E-state index contributed by atoms with van der Waals surface area (Å²) in [5, 5.41) is 0.885. The zero-order valence-electron chi connectivity index (χ0n) is 11.5. The Kier molecular flexibility index (Phi) is 4.44. The SMILES string of the molecule is COC(C(=O)Cc1nc(C)c(C)s1)C(C)(C)C. The molecule has 1 heterocycles. The molecular weight excluding hydrogens is 234 g/mol. The molecular formula is C13H21NO2S. The van der Waals surface area contributed by atoms with Gasteiger partial charge in [0.2, 0.25) is 0 Å². The van der Waals surface area contributed by atoms with Crippen LogP contribution in [0.1, 0.15) is 36.3 Å². The van der Waals surface area contributed by atoms with Crippen LogP contribution in [0.2, 0.25) is 0 Å². The fraction of sp³-hybridized carbons (Fsp3) is 0.692. The summed E-state index contributed by atoms with van der Waals surface area (Å²) < 4.78 is 5.31. The monoisotopic (exact) mass is 255 g/mol. The van der Waals surface area contributed by atoms with Crippen LogP contribution in [0.4, 0.5) is 0 Å². The molecule has 0 saturated heterocycles. The lowest BCUT2D eigenvalue weighted by atomic mass is 9.85. The lowest BCUT2D eigenvalue weighted by Gasteiger charge is -2.27. The Balaban J connectivity index is 2.78. The molecule has 96 valence electrons. The highest BCUT2D eigenvalue weighted by Crippen LogP contribution is 2.25. The Bertz CT molecular complexity index is 385. The first-order chi connectivity index (χ1) is 7.75. The number of hydrogen-bond donors (Lipinski definition) is 0. The van der Waals surface area contributed by atoms with Crippen molar-refractivity contribution in [1.82, 2.24) is 4.98 Å². The fourth-order valence-corrected chi connectivity index (χ4v) is 2.77. The van der Waals surface area contributed by atoms with E-state index in [1.807, 2.05) is 34.6 Å². The van der Waals surface area contributed by atoms with E-state index in [4.69, 9.17) is 4.74 Å². The van der Waals surface area contributed by atoms with E-state index in [-0.39, 0.29) is 17.3 Å². The van der Waals surface area contributed by atoms with Gasteiger partial charge in [-0.15, -0.1) is 11.3 Å². The molecule has 1 unspecified atom stereocenters. The summed E-state index contributed by atoms with van der Waals surface area (Å²) in [5.74, 6) is 0.105. The number of nitrogens with zero attached hydrogens (tertiary/aromatic N) is 1. The first-order valence-electron chi connectivity index (χ1n) is 5.74. The summed E-state index contributed by atoms with van der Waals surface area (Å²) in [7, 11) is 1.59. The van der Waals surface area contributed by atoms with Gasteiger partial charge in [-0.3, -0.25) is 4.79 Å². The van der Waals surface area contributed by atoms with Crippen LogP contribution >= 0.6 is 11.3 Å². The van der Waals surface area contributed by atoms with Gasteiger partial charge < -0.3 is 4.74 Å². The number of ether oxygens (including phenoxy) is 1. The van der Waals surface area contributed by atoms with E-state index in [2.05, 4.69) is 4.98 Å². The second kappa shape index (κ2) is 5.27. The molecule has 1 aromatic heterocycles. The molecule has 0 fully saturated rings. The van der Waals surface area contributed by atoms with Crippen LogP contribution in [0, 0.1) is 19.3 Å². The minimum Gasteiger partial charge on any atom is -0.373 e. The summed E-state index contributed by atoms with van der Waals surface area (Å²) >= 11 is 1.59. The Labute approximate surface area is 107 Å². The third-order valence-corrected chi connectivity index (χ3v) is 3.79. The van der Waals surface area contributed by atoms with Crippen molar-refractivity contribution in [2.24, 2.45) is 5.41 Å². The summed E-state index contributed by atoms with van der Waals surface area (Å²) in [6.45, 7) is 10.0. The average Bonchev–Trinajstić information content (AvgIpc) is 2.43. The smallest absolute Gasteiger partial charge is 0.168 e. The minimum atomic E-state index is -0.369. The summed E-state index contributed by atoms with van der Waals surface area (Å²) in [6.07, 6.45) is 0.00165. The Hall–Kier alpha value is -0.740. The highest BCUT2D eigenvalue weighted by molar-refractivity contribution is 7.11. The van der Waals surface area contributed by atoms with E-state index in [0.29, 0.717) is 6.42 Å². The van der Waals surface area contributed by atoms with E-state index in [1.165, 1.54) is 4.88 Å². The minimum absolute atomic E-state index is 0.105. The molecule has 4 heteroatoms. The number of aromatic nitrogens is 1. The van der Waals surface area contributed by atoms with E-state index in [0.717, 1.165) is 10.7 Å². The van der Waals surface area contributed by atoms with Crippen molar-refractivity contribution in [3.05, 3.63) is 15.6 Å². The quantitative estimate of drug-likeness (QED) is 0.830. The first-order valence-corrected chi connectivity index (χ1v) is 6.55. The molecule has 0 aliphatic heterocycles. The van der Waals surface area contributed by atoms with Crippen molar-refractivity contribution in [1.29, 1.82) is 0 Å². The van der Waals surface area contributed by atoms with Gasteiger partial charge in [0.05, 0.1) is 12.1 Å². The average molecular weight is 255 g/mol. The number of methoxy groups -OCH3 is 1. The zero-order chi connectivity index (χ0) is 13.2. The lowest BCUT2D eigenvalue weighted by Crippen LogP contribution is -2.37. The summed E-state index contributed by atoms with van der Waals surface area (Å²) in [5.41, 5.74) is 0.843. The molecule has 0 amide bonds. The van der Waals surface area contributed by atoms with Crippen molar-refractivity contribution >= 4 is 17.1 Å². The maximum absolute atomic E-state index is 12.2. The fourth-order valence-electron chi connectivity index (χ4n) is 1.82. The van der Waals surface area contributed by atoms with Crippen molar-refractivity contribution in [3.8, 4) is 0 Å². The van der Waals surface area contributed by atoms with Gasteiger partial charge in [0, 0.05) is 12.0 Å². The van der Waals surface area contributed by atoms with Gasteiger partial charge in [-0.05, 0) is 19.3 Å².